The van der Waals surface area contributed by atoms with Crippen LogP contribution in [0.3, 0.4) is 0 Å². The average Bonchev–Trinajstić information content (AvgIpc) is 2.84. The summed E-state index contributed by atoms with van der Waals surface area (Å²) in [5, 5.41) is 6.34. The summed E-state index contributed by atoms with van der Waals surface area (Å²) in [6.07, 6.45) is 3.80. The normalized spacial score (nSPS) is 22.6. The number of amides is 1. The first-order valence-electron chi connectivity index (χ1n) is 6.55. The quantitative estimate of drug-likeness (QED) is 0.909. The molecular weight excluding hydrogens is 246 g/mol. The maximum absolute atomic E-state index is 12.4. The molecule has 1 fully saturated rings. The third kappa shape index (κ3) is 2.90. The number of carbonyl (C=O) groups is 1. The Morgan fingerprint density at radius 3 is 2.89 bits per heavy atom. The minimum absolute atomic E-state index is 0.0267. The fourth-order valence-corrected chi connectivity index (χ4v) is 3.12. The van der Waals surface area contributed by atoms with Crippen LogP contribution in [0.2, 0.25) is 0 Å². The van der Waals surface area contributed by atoms with Gasteiger partial charge in [-0.2, -0.15) is 0 Å². The molecule has 0 bridgehead atoms. The average molecular weight is 267 g/mol. The van der Waals surface area contributed by atoms with E-state index in [4.69, 9.17) is 0 Å². The van der Waals surface area contributed by atoms with Crippen LogP contribution in [0, 0.1) is 0 Å². The molecule has 18 heavy (non-hydrogen) atoms. The van der Waals surface area contributed by atoms with E-state index in [2.05, 4.69) is 31.1 Å². The van der Waals surface area contributed by atoms with E-state index < -0.39 is 0 Å². The predicted molar refractivity (Wildman–Crippen MR) is 73.5 cm³/mol. The molecule has 0 saturated carbocycles. The second-order valence-electron chi connectivity index (χ2n) is 5.09. The summed E-state index contributed by atoms with van der Waals surface area (Å²) in [6, 6.07) is 0.407. The molecule has 2 unspecified atom stereocenters. The highest BCUT2D eigenvalue weighted by Gasteiger charge is 2.32. The van der Waals surface area contributed by atoms with Gasteiger partial charge in [0.05, 0.1) is 12.1 Å². The largest absolute Gasteiger partial charge is 0.332 e. The lowest BCUT2D eigenvalue weighted by molar-refractivity contribution is -0.138. The van der Waals surface area contributed by atoms with Crippen molar-refractivity contribution in [1.82, 2.24) is 15.2 Å². The fraction of sp³-hybridized carbons (Fsp3) is 0.692. The van der Waals surface area contributed by atoms with Gasteiger partial charge in [0.2, 0.25) is 5.91 Å². The molecule has 1 saturated heterocycles. The van der Waals surface area contributed by atoms with Crippen LogP contribution in [-0.4, -0.2) is 34.4 Å². The van der Waals surface area contributed by atoms with Crippen LogP contribution in [0.5, 0.6) is 0 Å². The molecule has 2 rings (SSSR count). The number of piperidine rings is 1. The first-order valence-corrected chi connectivity index (χ1v) is 7.43. The summed E-state index contributed by atoms with van der Waals surface area (Å²) in [5.41, 5.74) is 0. The SMILES string of the molecule is CC(C)NC1CCCN(C(C)c2nccs2)C1=O. The molecular formula is C13H21N3OS. The van der Waals surface area contributed by atoms with Gasteiger partial charge in [0.1, 0.15) is 5.01 Å². The minimum atomic E-state index is -0.0267. The van der Waals surface area contributed by atoms with E-state index in [0.29, 0.717) is 6.04 Å². The lowest BCUT2D eigenvalue weighted by atomic mass is 10.0. The highest BCUT2D eigenvalue weighted by Crippen LogP contribution is 2.26. The molecule has 4 nitrogen and oxygen atoms in total. The molecule has 100 valence electrons. The molecule has 1 amide bonds. The van der Waals surface area contributed by atoms with E-state index in [0.717, 1.165) is 24.4 Å². The Hall–Kier alpha value is -0.940. The second kappa shape index (κ2) is 5.80. The van der Waals surface area contributed by atoms with Gasteiger partial charge in [0.15, 0.2) is 0 Å². The Morgan fingerprint density at radius 1 is 1.50 bits per heavy atom. The summed E-state index contributed by atoms with van der Waals surface area (Å²) in [7, 11) is 0. The van der Waals surface area contributed by atoms with Crippen molar-refractivity contribution in [2.24, 2.45) is 0 Å². The predicted octanol–water partition coefficient (Wildman–Crippen LogP) is 2.19. The highest BCUT2D eigenvalue weighted by atomic mass is 32.1. The van der Waals surface area contributed by atoms with Crippen molar-refractivity contribution in [2.75, 3.05) is 6.54 Å². The van der Waals surface area contributed by atoms with E-state index in [1.165, 1.54) is 0 Å². The zero-order valence-electron chi connectivity index (χ0n) is 11.2. The van der Waals surface area contributed by atoms with Gasteiger partial charge in [-0.15, -0.1) is 11.3 Å². The minimum Gasteiger partial charge on any atom is -0.332 e. The number of thiazole rings is 1. The summed E-state index contributed by atoms with van der Waals surface area (Å²) in [6.45, 7) is 7.07. The summed E-state index contributed by atoms with van der Waals surface area (Å²) in [5.74, 6) is 0.220. The zero-order valence-corrected chi connectivity index (χ0v) is 12.0. The maximum Gasteiger partial charge on any atom is 0.240 e. The van der Waals surface area contributed by atoms with Crippen LogP contribution < -0.4 is 5.32 Å². The van der Waals surface area contributed by atoms with Crippen LogP contribution in [0.25, 0.3) is 0 Å². The van der Waals surface area contributed by atoms with Gasteiger partial charge < -0.3 is 10.2 Å². The molecule has 5 heteroatoms. The molecule has 0 aliphatic carbocycles. The number of hydrogen-bond acceptors (Lipinski definition) is 4. The Bertz CT molecular complexity index is 391. The molecule has 1 aliphatic rings. The Morgan fingerprint density at radius 2 is 2.28 bits per heavy atom. The Balaban J connectivity index is 2.06. The first kappa shape index (κ1) is 13.5. The van der Waals surface area contributed by atoms with Crippen molar-refractivity contribution in [3.05, 3.63) is 16.6 Å². The van der Waals surface area contributed by atoms with Crippen LogP contribution in [0.15, 0.2) is 11.6 Å². The number of hydrogen-bond donors (Lipinski definition) is 1. The van der Waals surface area contributed by atoms with Gasteiger partial charge in [-0.3, -0.25) is 4.79 Å². The van der Waals surface area contributed by atoms with Crippen molar-refractivity contribution >= 4 is 17.2 Å². The lowest BCUT2D eigenvalue weighted by Gasteiger charge is -2.36. The molecule has 1 aromatic heterocycles. The van der Waals surface area contributed by atoms with Crippen LogP contribution >= 0.6 is 11.3 Å². The smallest absolute Gasteiger partial charge is 0.240 e. The highest BCUT2D eigenvalue weighted by molar-refractivity contribution is 7.09. The number of nitrogens with one attached hydrogen (secondary N) is 1. The Labute approximate surface area is 112 Å². The third-order valence-corrected chi connectivity index (χ3v) is 4.23. The number of aromatic nitrogens is 1. The van der Waals surface area contributed by atoms with Gasteiger partial charge in [-0.25, -0.2) is 4.98 Å². The van der Waals surface area contributed by atoms with Crippen molar-refractivity contribution in [3.8, 4) is 0 Å². The van der Waals surface area contributed by atoms with Crippen molar-refractivity contribution in [2.45, 2.75) is 51.7 Å². The standard InChI is InChI=1S/C13H21N3OS/c1-9(2)15-11-5-4-7-16(13(11)17)10(3)12-14-6-8-18-12/h6,8-11,15H,4-5,7H2,1-3H3. The summed E-state index contributed by atoms with van der Waals surface area (Å²) >= 11 is 1.62. The van der Waals surface area contributed by atoms with Gasteiger partial charge in [-0.05, 0) is 19.8 Å². The van der Waals surface area contributed by atoms with Crippen LogP contribution in [-0.2, 0) is 4.79 Å². The molecule has 1 aliphatic heterocycles. The number of nitrogens with zero attached hydrogens (tertiary/aromatic N) is 2. The number of carbonyl (C=O) groups excluding carboxylic acids is 1. The lowest BCUT2D eigenvalue weighted by Crippen LogP contribution is -2.52. The monoisotopic (exact) mass is 267 g/mol. The van der Waals surface area contributed by atoms with E-state index in [1.54, 1.807) is 17.5 Å². The van der Waals surface area contributed by atoms with Crippen LogP contribution in [0.4, 0.5) is 0 Å². The summed E-state index contributed by atoms with van der Waals surface area (Å²) in [4.78, 5) is 18.7. The topological polar surface area (TPSA) is 45.2 Å². The molecule has 2 atom stereocenters. The van der Waals surface area contributed by atoms with E-state index in [1.807, 2.05) is 10.3 Å². The van der Waals surface area contributed by atoms with Crippen molar-refractivity contribution in [3.63, 3.8) is 0 Å². The van der Waals surface area contributed by atoms with Gasteiger partial charge in [0, 0.05) is 24.2 Å². The Kier molecular flexibility index (Phi) is 4.35. The molecule has 1 aromatic rings. The third-order valence-electron chi connectivity index (χ3n) is 3.28. The molecule has 0 aromatic carbocycles. The van der Waals surface area contributed by atoms with Crippen molar-refractivity contribution in [1.29, 1.82) is 0 Å². The molecule has 0 spiro atoms. The molecule has 1 N–H and O–H groups in total. The van der Waals surface area contributed by atoms with Gasteiger partial charge in [0.25, 0.3) is 0 Å². The summed E-state index contributed by atoms with van der Waals surface area (Å²) < 4.78 is 0. The zero-order chi connectivity index (χ0) is 13.1. The van der Waals surface area contributed by atoms with E-state index >= 15 is 0 Å². The van der Waals surface area contributed by atoms with Crippen LogP contribution in [0.1, 0.15) is 44.7 Å². The van der Waals surface area contributed by atoms with Gasteiger partial charge >= 0.3 is 0 Å². The van der Waals surface area contributed by atoms with Gasteiger partial charge in [-0.1, -0.05) is 13.8 Å². The number of rotatable bonds is 4. The van der Waals surface area contributed by atoms with Crippen molar-refractivity contribution < 1.29 is 4.79 Å². The fourth-order valence-electron chi connectivity index (χ4n) is 2.42. The number of likely N-dealkylation sites (tertiary alicyclic amines) is 1. The van der Waals surface area contributed by atoms with E-state index in [-0.39, 0.29) is 18.0 Å². The van der Waals surface area contributed by atoms with E-state index in [9.17, 15) is 4.79 Å². The first-order chi connectivity index (χ1) is 8.59. The maximum atomic E-state index is 12.4. The molecule has 0 radical (unpaired) electrons. The second-order valence-corrected chi connectivity index (χ2v) is 6.02. The molecule has 2 heterocycles.